The van der Waals surface area contributed by atoms with Gasteiger partial charge in [0.05, 0.1) is 0 Å². The molecule has 1 saturated carbocycles. The lowest BCUT2D eigenvalue weighted by Gasteiger charge is -2.23. The summed E-state index contributed by atoms with van der Waals surface area (Å²) in [6.07, 6.45) is 5.97. The lowest BCUT2D eigenvalue weighted by Crippen LogP contribution is -2.16. The molecule has 1 saturated heterocycles. The third-order valence-electron chi connectivity index (χ3n) is 2.88. The van der Waals surface area contributed by atoms with Gasteiger partial charge in [-0.05, 0) is 37.8 Å². The highest BCUT2D eigenvalue weighted by Crippen LogP contribution is 2.31. The minimum absolute atomic E-state index is 1.05. The average molecular weight is 155 g/mol. The Morgan fingerprint density at radius 1 is 0.909 bits per heavy atom. The number of nitrogens with one attached hydrogen (secondary N) is 1. The van der Waals surface area contributed by atoms with Gasteiger partial charge in [-0.2, -0.15) is 0 Å². The van der Waals surface area contributed by atoms with E-state index >= 15 is 0 Å². The molecule has 0 amide bonds. The van der Waals surface area contributed by atoms with Crippen molar-refractivity contribution in [1.29, 1.82) is 0 Å². The van der Waals surface area contributed by atoms with Crippen LogP contribution in [0.15, 0.2) is 0 Å². The average Bonchev–Trinajstić information content (AvgIpc) is 2.55. The predicted octanol–water partition coefficient (Wildman–Crippen LogP) is 2.42. The predicted molar refractivity (Wildman–Crippen MR) is 49.7 cm³/mol. The van der Waals surface area contributed by atoms with Crippen molar-refractivity contribution in [2.45, 2.75) is 39.5 Å². The van der Waals surface area contributed by atoms with Crippen LogP contribution in [0.25, 0.3) is 0 Å². The molecule has 1 aliphatic heterocycles. The molecule has 0 radical (unpaired) electrons. The molecule has 0 unspecified atom stereocenters. The fourth-order valence-corrected chi connectivity index (χ4v) is 2.28. The van der Waals surface area contributed by atoms with Crippen LogP contribution in [-0.2, 0) is 0 Å². The van der Waals surface area contributed by atoms with Crippen LogP contribution < -0.4 is 5.32 Å². The molecular formula is C10H21N. The van der Waals surface area contributed by atoms with Crippen LogP contribution >= 0.6 is 0 Å². The first kappa shape index (κ1) is 9.05. The van der Waals surface area contributed by atoms with Gasteiger partial charge in [0, 0.05) is 0 Å². The number of rotatable bonds is 0. The third-order valence-corrected chi connectivity index (χ3v) is 2.88. The summed E-state index contributed by atoms with van der Waals surface area (Å²) in [7, 11) is 0. The fourth-order valence-electron chi connectivity index (χ4n) is 2.28. The van der Waals surface area contributed by atoms with Crippen LogP contribution in [0, 0.1) is 11.8 Å². The molecule has 1 N–H and O–H groups in total. The van der Waals surface area contributed by atoms with Crippen molar-refractivity contribution in [3.05, 3.63) is 0 Å². The smallest absolute Gasteiger partial charge is 0.00173 e. The standard InChI is InChI=1S/C8H15N.C2H6/c1-2-4-8-6-9-5-7(8)3-1;1-2/h7-9H,1-6H2;1-2H3/t7-,8+;. The maximum atomic E-state index is 3.46. The van der Waals surface area contributed by atoms with E-state index in [1.54, 1.807) is 0 Å². The summed E-state index contributed by atoms with van der Waals surface area (Å²) in [6, 6.07) is 0. The summed E-state index contributed by atoms with van der Waals surface area (Å²) in [5, 5.41) is 3.46. The van der Waals surface area contributed by atoms with Crippen molar-refractivity contribution in [2.75, 3.05) is 13.1 Å². The minimum Gasteiger partial charge on any atom is -0.316 e. The van der Waals surface area contributed by atoms with Crippen LogP contribution in [0.2, 0.25) is 0 Å². The van der Waals surface area contributed by atoms with Crippen LogP contribution in [0.3, 0.4) is 0 Å². The number of hydrogen-bond donors (Lipinski definition) is 1. The topological polar surface area (TPSA) is 12.0 Å². The van der Waals surface area contributed by atoms with Crippen LogP contribution in [-0.4, -0.2) is 13.1 Å². The molecule has 0 aromatic heterocycles. The molecular weight excluding hydrogens is 134 g/mol. The second kappa shape index (κ2) is 4.76. The van der Waals surface area contributed by atoms with Gasteiger partial charge in [0.1, 0.15) is 0 Å². The molecule has 0 bridgehead atoms. The maximum absolute atomic E-state index is 3.46. The molecule has 0 aromatic rings. The molecule has 0 spiro atoms. The highest BCUT2D eigenvalue weighted by atomic mass is 14.9. The molecule has 11 heavy (non-hydrogen) atoms. The second-order valence-corrected chi connectivity index (χ2v) is 3.46. The number of hydrogen-bond acceptors (Lipinski definition) is 1. The molecule has 1 heterocycles. The van der Waals surface area contributed by atoms with Crippen molar-refractivity contribution < 1.29 is 0 Å². The molecule has 2 rings (SSSR count). The zero-order chi connectivity index (χ0) is 8.10. The first-order valence-corrected chi connectivity index (χ1v) is 5.17. The Hall–Kier alpha value is -0.0400. The Morgan fingerprint density at radius 3 is 1.82 bits per heavy atom. The van der Waals surface area contributed by atoms with Gasteiger partial charge in [0.15, 0.2) is 0 Å². The van der Waals surface area contributed by atoms with Crippen molar-refractivity contribution in [3.8, 4) is 0 Å². The highest BCUT2D eigenvalue weighted by molar-refractivity contribution is 4.83. The largest absolute Gasteiger partial charge is 0.316 e. The van der Waals surface area contributed by atoms with Crippen LogP contribution in [0.5, 0.6) is 0 Å². The Bertz CT molecular complexity index is 89.0. The molecule has 1 nitrogen and oxygen atoms in total. The minimum atomic E-state index is 1.05. The Labute approximate surface area is 70.6 Å². The monoisotopic (exact) mass is 155 g/mol. The molecule has 1 aliphatic carbocycles. The molecule has 0 aromatic carbocycles. The molecule has 2 aliphatic rings. The summed E-state index contributed by atoms with van der Waals surface area (Å²) in [5.41, 5.74) is 0. The fraction of sp³-hybridized carbons (Fsp3) is 1.00. The lowest BCUT2D eigenvalue weighted by molar-refractivity contribution is 0.299. The number of fused-ring (bicyclic) bond motifs is 1. The van der Waals surface area contributed by atoms with Gasteiger partial charge in [-0.3, -0.25) is 0 Å². The maximum Gasteiger partial charge on any atom is -0.00173 e. The summed E-state index contributed by atoms with van der Waals surface area (Å²) in [5.74, 6) is 2.11. The summed E-state index contributed by atoms with van der Waals surface area (Å²) in [6.45, 7) is 6.62. The van der Waals surface area contributed by atoms with Crippen molar-refractivity contribution in [2.24, 2.45) is 11.8 Å². The van der Waals surface area contributed by atoms with Crippen molar-refractivity contribution in [3.63, 3.8) is 0 Å². The first-order valence-electron chi connectivity index (χ1n) is 5.17. The van der Waals surface area contributed by atoms with Crippen LogP contribution in [0.4, 0.5) is 0 Å². The lowest BCUT2D eigenvalue weighted by atomic mass is 9.82. The van der Waals surface area contributed by atoms with Crippen LogP contribution in [0.1, 0.15) is 39.5 Å². The van der Waals surface area contributed by atoms with E-state index in [-0.39, 0.29) is 0 Å². The van der Waals surface area contributed by atoms with E-state index in [4.69, 9.17) is 0 Å². The van der Waals surface area contributed by atoms with Gasteiger partial charge in [-0.25, -0.2) is 0 Å². The van der Waals surface area contributed by atoms with E-state index in [2.05, 4.69) is 5.32 Å². The van der Waals surface area contributed by atoms with Gasteiger partial charge in [-0.15, -0.1) is 0 Å². The van der Waals surface area contributed by atoms with Gasteiger partial charge in [0.2, 0.25) is 0 Å². The molecule has 1 heteroatoms. The molecule has 2 atom stereocenters. The zero-order valence-electron chi connectivity index (χ0n) is 7.90. The van der Waals surface area contributed by atoms with E-state index in [0.717, 1.165) is 11.8 Å². The van der Waals surface area contributed by atoms with Crippen molar-refractivity contribution in [1.82, 2.24) is 5.32 Å². The van der Waals surface area contributed by atoms with Crippen molar-refractivity contribution >= 4 is 0 Å². The summed E-state index contributed by atoms with van der Waals surface area (Å²) < 4.78 is 0. The quantitative estimate of drug-likeness (QED) is 0.566. The SMILES string of the molecule is C1CC[C@H]2CNC[C@H]2C1.CC. The van der Waals surface area contributed by atoms with E-state index in [1.165, 1.54) is 38.8 Å². The van der Waals surface area contributed by atoms with E-state index < -0.39 is 0 Å². The van der Waals surface area contributed by atoms with E-state index in [0.29, 0.717) is 0 Å². The summed E-state index contributed by atoms with van der Waals surface area (Å²) >= 11 is 0. The zero-order valence-corrected chi connectivity index (χ0v) is 7.90. The van der Waals surface area contributed by atoms with Gasteiger partial charge >= 0.3 is 0 Å². The molecule has 66 valence electrons. The van der Waals surface area contributed by atoms with Gasteiger partial charge in [0.25, 0.3) is 0 Å². The van der Waals surface area contributed by atoms with Gasteiger partial charge < -0.3 is 5.32 Å². The van der Waals surface area contributed by atoms with E-state index in [9.17, 15) is 0 Å². The normalized spacial score (nSPS) is 35.5. The third kappa shape index (κ3) is 2.19. The second-order valence-electron chi connectivity index (χ2n) is 3.46. The summed E-state index contributed by atoms with van der Waals surface area (Å²) in [4.78, 5) is 0. The first-order chi connectivity index (χ1) is 5.47. The Balaban J connectivity index is 0.000000281. The Morgan fingerprint density at radius 2 is 1.36 bits per heavy atom. The van der Waals surface area contributed by atoms with E-state index in [1.807, 2.05) is 13.8 Å². The molecule has 2 fully saturated rings. The highest BCUT2D eigenvalue weighted by Gasteiger charge is 2.28. The van der Waals surface area contributed by atoms with Gasteiger partial charge in [-0.1, -0.05) is 26.7 Å². The Kier molecular flexibility index (Phi) is 3.92.